The number of carbonyl (C=O) groups excluding carboxylic acids is 1. The number of anilines is 1. The number of carbonyl (C=O) groups is 1. The van der Waals surface area contributed by atoms with E-state index in [0.29, 0.717) is 24.5 Å². The van der Waals surface area contributed by atoms with E-state index in [0.717, 1.165) is 47.8 Å². The molecule has 2 aromatic carbocycles. The molecule has 35 heavy (non-hydrogen) atoms. The summed E-state index contributed by atoms with van der Waals surface area (Å²) in [5.74, 6) is 0.638. The number of ether oxygens (including phenoxy) is 2. The SMILES string of the molecule is COc1ccccc1NC(=O)N(CCc1csc2nc(-c3ccc(C)cc3)cn12)CC1CCCO1. The minimum Gasteiger partial charge on any atom is -0.495 e. The lowest BCUT2D eigenvalue weighted by molar-refractivity contribution is 0.0838. The van der Waals surface area contributed by atoms with E-state index in [9.17, 15) is 4.79 Å². The molecule has 1 aliphatic rings. The molecule has 1 aliphatic heterocycles. The molecule has 0 aliphatic carbocycles. The van der Waals surface area contributed by atoms with Gasteiger partial charge in [-0.25, -0.2) is 9.78 Å². The Bertz CT molecular complexity index is 1290. The molecule has 0 radical (unpaired) electrons. The lowest BCUT2D eigenvalue weighted by Crippen LogP contribution is -2.41. The van der Waals surface area contributed by atoms with Crippen LogP contribution in [0.25, 0.3) is 16.2 Å². The molecule has 0 saturated carbocycles. The summed E-state index contributed by atoms with van der Waals surface area (Å²) in [5, 5.41) is 5.15. The predicted molar refractivity (Wildman–Crippen MR) is 140 cm³/mol. The molecule has 0 spiro atoms. The summed E-state index contributed by atoms with van der Waals surface area (Å²) < 4.78 is 13.4. The van der Waals surface area contributed by atoms with Crippen molar-refractivity contribution in [3.63, 3.8) is 0 Å². The van der Waals surface area contributed by atoms with Gasteiger partial charge in [0.1, 0.15) is 5.75 Å². The number of methoxy groups -OCH3 is 1. The summed E-state index contributed by atoms with van der Waals surface area (Å²) in [7, 11) is 1.60. The second-order valence-corrected chi connectivity index (χ2v) is 9.67. The zero-order chi connectivity index (χ0) is 24.2. The third-order valence-corrected chi connectivity index (χ3v) is 7.24. The molecule has 3 heterocycles. The number of thiazole rings is 1. The molecule has 0 bridgehead atoms. The lowest BCUT2D eigenvalue weighted by Gasteiger charge is -2.26. The van der Waals surface area contributed by atoms with Crippen molar-refractivity contribution < 1.29 is 14.3 Å². The Balaban J connectivity index is 1.32. The molecule has 1 saturated heterocycles. The minimum absolute atomic E-state index is 0.0716. The van der Waals surface area contributed by atoms with Crippen LogP contribution in [0.1, 0.15) is 24.1 Å². The van der Waals surface area contributed by atoms with Crippen LogP contribution in [-0.2, 0) is 11.2 Å². The summed E-state index contributed by atoms with van der Waals surface area (Å²) in [4.78, 5) is 20.9. The second-order valence-electron chi connectivity index (χ2n) is 8.83. The summed E-state index contributed by atoms with van der Waals surface area (Å²) in [5.41, 5.74) is 5.09. The van der Waals surface area contributed by atoms with Crippen molar-refractivity contribution in [1.82, 2.24) is 14.3 Å². The van der Waals surface area contributed by atoms with Crippen LogP contribution >= 0.6 is 11.3 Å². The Labute approximate surface area is 209 Å². The summed E-state index contributed by atoms with van der Waals surface area (Å²) in [6.45, 7) is 3.98. The number of hydrogen-bond acceptors (Lipinski definition) is 5. The van der Waals surface area contributed by atoms with Crippen molar-refractivity contribution in [3.05, 3.63) is 71.4 Å². The standard InChI is InChI=1S/C27H30N4O3S/c1-19-9-11-20(12-10-19)24-17-31-21(18-35-27(31)29-24)13-14-30(16-22-6-5-15-34-22)26(32)28-23-7-3-4-8-25(23)33-2/h3-4,7-12,17-18,22H,5-6,13-16H2,1-2H3,(H,28,32). The molecular weight excluding hydrogens is 460 g/mol. The van der Waals surface area contributed by atoms with Crippen molar-refractivity contribution in [2.75, 3.05) is 32.1 Å². The molecule has 5 rings (SSSR count). The van der Waals surface area contributed by atoms with Gasteiger partial charge in [0, 0.05) is 49.0 Å². The number of nitrogens with one attached hydrogen (secondary N) is 1. The van der Waals surface area contributed by atoms with Gasteiger partial charge in [0.15, 0.2) is 4.96 Å². The van der Waals surface area contributed by atoms with E-state index in [1.807, 2.05) is 29.2 Å². The van der Waals surface area contributed by atoms with Crippen LogP contribution in [0.2, 0.25) is 0 Å². The van der Waals surface area contributed by atoms with E-state index < -0.39 is 0 Å². The van der Waals surface area contributed by atoms with E-state index >= 15 is 0 Å². The fourth-order valence-electron chi connectivity index (χ4n) is 4.37. The number of rotatable bonds is 8. The number of aryl methyl sites for hydroxylation is 1. The van der Waals surface area contributed by atoms with E-state index in [2.05, 4.69) is 52.5 Å². The van der Waals surface area contributed by atoms with Crippen molar-refractivity contribution in [1.29, 1.82) is 0 Å². The second kappa shape index (κ2) is 10.5. The third-order valence-electron chi connectivity index (χ3n) is 6.35. The largest absolute Gasteiger partial charge is 0.495 e. The fourth-order valence-corrected chi connectivity index (χ4v) is 5.28. The van der Waals surface area contributed by atoms with Crippen LogP contribution in [-0.4, -0.2) is 53.2 Å². The number of fused-ring (bicyclic) bond motifs is 1. The van der Waals surface area contributed by atoms with Gasteiger partial charge >= 0.3 is 6.03 Å². The topological polar surface area (TPSA) is 68.1 Å². The van der Waals surface area contributed by atoms with Gasteiger partial charge in [0.2, 0.25) is 0 Å². The normalized spacial score (nSPS) is 15.4. The van der Waals surface area contributed by atoms with Gasteiger partial charge in [-0.05, 0) is 31.9 Å². The first-order valence-electron chi connectivity index (χ1n) is 11.9. The molecule has 2 aromatic heterocycles. The molecule has 8 heteroatoms. The van der Waals surface area contributed by atoms with Crippen LogP contribution in [0, 0.1) is 6.92 Å². The zero-order valence-electron chi connectivity index (χ0n) is 20.1. The van der Waals surface area contributed by atoms with Crippen molar-refractivity contribution in [2.45, 2.75) is 32.3 Å². The van der Waals surface area contributed by atoms with E-state index in [1.54, 1.807) is 18.4 Å². The summed E-state index contributed by atoms with van der Waals surface area (Å²) >= 11 is 1.62. The highest BCUT2D eigenvalue weighted by Gasteiger charge is 2.24. The van der Waals surface area contributed by atoms with Crippen molar-refractivity contribution in [2.24, 2.45) is 0 Å². The average Bonchev–Trinajstić information content (AvgIpc) is 3.61. The Morgan fingerprint density at radius 1 is 1.26 bits per heavy atom. The maximum Gasteiger partial charge on any atom is 0.322 e. The summed E-state index contributed by atoms with van der Waals surface area (Å²) in [6, 6.07) is 15.7. The highest BCUT2D eigenvalue weighted by Crippen LogP contribution is 2.26. The van der Waals surface area contributed by atoms with Crippen LogP contribution in [0.3, 0.4) is 0 Å². The van der Waals surface area contributed by atoms with Gasteiger partial charge in [-0.15, -0.1) is 11.3 Å². The van der Waals surface area contributed by atoms with Crippen LogP contribution in [0.15, 0.2) is 60.1 Å². The van der Waals surface area contributed by atoms with Gasteiger partial charge in [-0.1, -0.05) is 42.0 Å². The predicted octanol–water partition coefficient (Wildman–Crippen LogP) is 5.64. The van der Waals surface area contributed by atoms with Gasteiger partial charge in [0.05, 0.1) is 24.6 Å². The lowest BCUT2D eigenvalue weighted by atomic mass is 10.1. The molecule has 1 N–H and O–H groups in total. The molecule has 182 valence electrons. The molecule has 2 amide bonds. The van der Waals surface area contributed by atoms with E-state index in [1.165, 1.54) is 5.56 Å². The highest BCUT2D eigenvalue weighted by molar-refractivity contribution is 7.15. The molecular formula is C27H30N4O3S. The Kier molecular flexibility index (Phi) is 7.01. The number of hydrogen-bond donors (Lipinski definition) is 1. The Hall–Kier alpha value is -3.36. The zero-order valence-corrected chi connectivity index (χ0v) is 20.9. The number of aromatic nitrogens is 2. The monoisotopic (exact) mass is 490 g/mol. The first-order valence-corrected chi connectivity index (χ1v) is 12.8. The summed E-state index contributed by atoms with van der Waals surface area (Å²) in [6.07, 6.45) is 4.89. The van der Waals surface area contributed by atoms with Crippen molar-refractivity contribution >= 4 is 28.0 Å². The number of nitrogens with zero attached hydrogens (tertiary/aromatic N) is 3. The van der Waals surface area contributed by atoms with Gasteiger partial charge < -0.3 is 19.7 Å². The molecule has 1 atom stereocenters. The fraction of sp³-hybridized carbons (Fsp3) is 0.333. The Morgan fingerprint density at radius 2 is 2.09 bits per heavy atom. The number of urea groups is 1. The van der Waals surface area contributed by atoms with Gasteiger partial charge in [-0.3, -0.25) is 4.40 Å². The minimum atomic E-state index is -0.151. The molecule has 1 fully saturated rings. The van der Waals surface area contributed by atoms with Crippen LogP contribution < -0.4 is 10.1 Å². The van der Waals surface area contributed by atoms with E-state index in [4.69, 9.17) is 14.5 Å². The quantitative estimate of drug-likeness (QED) is 0.347. The third kappa shape index (κ3) is 5.33. The van der Waals surface area contributed by atoms with E-state index in [-0.39, 0.29) is 12.1 Å². The maximum atomic E-state index is 13.3. The molecule has 7 nitrogen and oxygen atoms in total. The Morgan fingerprint density at radius 3 is 2.86 bits per heavy atom. The number of para-hydroxylation sites is 2. The number of amides is 2. The first-order chi connectivity index (χ1) is 17.1. The maximum absolute atomic E-state index is 13.3. The average molecular weight is 491 g/mol. The number of imidazole rings is 1. The molecule has 4 aromatic rings. The van der Waals surface area contributed by atoms with Gasteiger partial charge in [0.25, 0.3) is 0 Å². The first kappa shape index (κ1) is 23.4. The number of benzene rings is 2. The highest BCUT2D eigenvalue weighted by atomic mass is 32.1. The van der Waals surface area contributed by atoms with Gasteiger partial charge in [-0.2, -0.15) is 0 Å². The smallest absolute Gasteiger partial charge is 0.322 e. The van der Waals surface area contributed by atoms with Crippen LogP contribution in [0.5, 0.6) is 5.75 Å². The van der Waals surface area contributed by atoms with Crippen molar-refractivity contribution in [3.8, 4) is 17.0 Å². The molecule has 1 unspecified atom stereocenters. The van der Waals surface area contributed by atoms with Crippen LogP contribution in [0.4, 0.5) is 10.5 Å².